The molecule has 0 radical (unpaired) electrons. The number of non-ortho nitro benzene ring substituents is 1. The number of rotatable bonds is 9. The third kappa shape index (κ3) is 6.10. The molecule has 0 fully saturated rings. The smallest absolute Gasteiger partial charge is 0.272 e. The minimum Gasteiger partial charge on any atom is -0.388 e. The predicted octanol–water partition coefficient (Wildman–Crippen LogP) is 1.83. The molecule has 35 heavy (non-hydrogen) atoms. The van der Waals surface area contributed by atoms with Gasteiger partial charge in [-0.1, -0.05) is 0 Å². The van der Waals surface area contributed by atoms with Crippen LogP contribution in [0.15, 0.2) is 48.8 Å². The van der Waals surface area contributed by atoms with Gasteiger partial charge in [-0.2, -0.15) is 0 Å². The third-order valence-corrected chi connectivity index (χ3v) is 5.01. The van der Waals surface area contributed by atoms with E-state index >= 15 is 0 Å². The topological polar surface area (TPSA) is 190 Å². The zero-order chi connectivity index (χ0) is 25.7. The molecule has 0 bridgehead atoms. The normalized spacial score (nSPS) is 10.5. The van der Waals surface area contributed by atoms with Crippen molar-refractivity contribution >= 4 is 40.6 Å². The summed E-state index contributed by atoms with van der Waals surface area (Å²) in [4.78, 5) is 47.7. The van der Waals surface area contributed by atoms with Gasteiger partial charge < -0.3 is 30.8 Å². The molecule has 3 rings (SSSR count). The molecule has 0 saturated carbocycles. The van der Waals surface area contributed by atoms with Crippen LogP contribution in [0.25, 0.3) is 0 Å². The highest BCUT2D eigenvalue weighted by atomic mass is 16.6. The third-order valence-electron chi connectivity index (χ3n) is 5.01. The summed E-state index contributed by atoms with van der Waals surface area (Å²) in [5.41, 5.74) is 6.70. The van der Waals surface area contributed by atoms with Crippen LogP contribution in [-0.4, -0.2) is 44.2 Å². The van der Waals surface area contributed by atoms with E-state index in [9.17, 15) is 24.5 Å². The molecule has 2 heterocycles. The zero-order valence-electron chi connectivity index (χ0n) is 19.0. The van der Waals surface area contributed by atoms with Crippen molar-refractivity contribution in [3.05, 3.63) is 75.9 Å². The molecule has 3 aromatic rings. The van der Waals surface area contributed by atoms with Gasteiger partial charge in [-0.3, -0.25) is 29.9 Å². The average Bonchev–Trinajstić information content (AvgIpc) is 3.34. The maximum absolute atomic E-state index is 12.8. The molecule has 3 amide bonds. The highest BCUT2D eigenvalue weighted by Crippen LogP contribution is 2.19. The number of amidine groups is 1. The van der Waals surface area contributed by atoms with Gasteiger partial charge in [0.05, 0.1) is 22.1 Å². The maximum Gasteiger partial charge on any atom is 0.272 e. The number of nitro benzene ring substituents is 1. The molecule has 6 N–H and O–H groups in total. The van der Waals surface area contributed by atoms with E-state index in [4.69, 9.17) is 11.1 Å². The van der Waals surface area contributed by atoms with Crippen molar-refractivity contribution in [3.8, 4) is 0 Å². The number of benzene rings is 1. The lowest BCUT2D eigenvalue weighted by molar-refractivity contribution is -0.384. The maximum atomic E-state index is 12.8. The number of hydrogen-bond acceptors (Lipinski definition) is 6. The molecule has 0 unspecified atom stereocenters. The number of nitrogens with two attached hydrogens (primary N) is 1. The molecular formula is C22H24N8O5. The van der Waals surface area contributed by atoms with Gasteiger partial charge in [0.25, 0.3) is 23.4 Å². The van der Waals surface area contributed by atoms with Gasteiger partial charge in [-0.25, -0.2) is 0 Å². The second kappa shape index (κ2) is 10.3. The van der Waals surface area contributed by atoms with Gasteiger partial charge >= 0.3 is 0 Å². The van der Waals surface area contributed by atoms with Crippen molar-refractivity contribution in [1.29, 1.82) is 5.41 Å². The van der Waals surface area contributed by atoms with Crippen LogP contribution in [0.2, 0.25) is 0 Å². The Hall–Kier alpha value is -4.94. The Morgan fingerprint density at radius 2 is 1.46 bits per heavy atom. The lowest BCUT2D eigenvalue weighted by atomic mass is 10.2. The SMILES string of the molecule is Cn1cc(NC(=O)c2cc(NC(=O)c3ccc([N+](=O)[O-])cc3)cn2C)cc1C(=O)NCCC(=N)N. The molecular weight excluding hydrogens is 456 g/mol. The second-order valence-electron chi connectivity index (χ2n) is 7.69. The number of carbonyl (C=O) groups excluding carboxylic acids is 3. The van der Waals surface area contributed by atoms with Crippen LogP contribution in [0.4, 0.5) is 17.1 Å². The Morgan fingerprint density at radius 3 is 1.97 bits per heavy atom. The van der Waals surface area contributed by atoms with E-state index in [1.54, 1.807) is 31.1 Å². The van der Waals surface area contributed by atoms with Crippen molar-refractivity contribution in [3.63, 3.8) is 0 Å². The van der Waals surface area contributed by atoms with E-state index in [2.05, 4.69) is 16.0 Å². The molecule has 0 aliphatic heterocycles. The molecule has 2 aromatic heterocycles. The molecule has 1 aromatic carbocycles. The number of nitrogens with zero attached hydrogens (tertiary/aromatic N) is 3. The Labute approximate surface area is 199 Å². The number of hydrogen-bond donors (Lipinski definition) is 5. The summed E-state index contributed by atoms with van der Waals surface area (Å²) < 4.78 is 3.08. The Bertz CT molecular complexity index is 1310. The predicted molar refractivity (Wildman–Crippen MR) is 129 cm³/mol. The minimum absolute atomic E-state index is 0.0315. The number of nitro groups is 1. The Morgan fingerprint density at radius 1 is 0.943 bits per heavy atom. The number of aromatic nitrogens is 2. The standard InChI is InChI=1S/C22H24N8O5/c1-28-12-15(9-17(28)21(32)25-8-7-19(23)24)27-22(33)18-10-14(11-29(18)2)26-20(31)13-3-5-16(6-4-13)30(34)35/h3-6,9-12H,7-8H2,1-2H3,(H3,23,24)(H,25,32)(H,26,31)(H,27,33). The summed E-state index contributed by atoms with van der Waals surface area (Å²) in [5, 5.41) is 26.0. The van der Waals surface area contributed by atoms with Crippen LogP contribution in [0.1, 0.15) is 37.8 Å². The van der Waals surface area contributed by atoms with E-state index in [-0.39, 0.29) is 41.7 Å². The van der Waals surface area contributed by atoms with Crippen LogP contribution in [-0.2, 0) is 14.1 Å². The van der Waals surface area contributed by atoms with Crippen molar-refractivity contribution in [2.45, 2.75) is 6.42 Å². The summed E-state index contributed by atoms with van der Waals surface area (Å²) in [6.45, 7) is 0.221. The van der Waals surface area contributed by atoms with Crippen LogP contribution < -0.4 is 21.7 Å². The molecule has 0 atom stereocenters. The fourth-order valence-corrected chi connectivity index (χ4v) is 3.25. The van der Waals surface area contributed by atoms with Crippen LogP contribution in [0, 0.1) is 15.5 Å². The van der Waals surface area contributed by atoms with Crippen molar-refractivity contribution in [1.82, 2.24) is 14.5 Å². The average molecular weight is 480 g/mol. The van der Waals surface area contributed by atoms with Gasteiger partial charge in [-0.15, -0.1) is 0 Å². The fourth-order valence-electron chi connectivity index (χ4n) is 3.25. The molecule has 0 aliphatic rings. The van der Waals surface area contributed by atoms with E-state index in [1.807, 2.05) is 0 Å². The summed E-state index contributed by atoms with van der Waals surface area (Å²) in [7, 11) is 3.29. The number of amides is 3. The van der Waals surface area contributed by atoms with E-state index in [1.165, 1.54) is 41.0 Å². The van der Waals surface area contributed by atoms with Gasteiger partial charge in [0, 0.05) is 57.2 Å². The van der Waals surface area contributed by atoms with Gasteiger partial charge in [0.1, 0.15) is 11.4 Å². The Balaban J connectivity index is 1.65. The highest BCUT2D eigenvalue weighted by Gasteiger charge is 2.17. The van der Waals surface area contributed by atoms with E-state index < -0.39 is 16.7 Å². The summed E-state index contributed by atoms with van der Waals surface area (Å²) in [6.07, 6.45) is 3.37. The molecule has 182 valence electrons. The molecule has 0 spiro atoms. The van der Waals surface area contributed by atoms with E-state index in [0.29, 0.717) is 17.1 Å². The van der Waals surface area contributed by atoms with Crippen LogP contribution in [0.3, 0.4) is 0 Å². The molecule has 13 nitrogen and oxygen atoms in total. The fraction of sp³-hybridized carbons (Fsp3) is 0.182. The lowest BCUT2D eigenvalue weighted by Gasteiger charge is -2.04. The first kappa shape index (κ1) is 24.7. The van der Waals surface area contributed by atoms with E-state index in [0.717, 1.165) is 0 Å². The zero-order valence-corrected chi connectivity index (χ0v) is 19.0. The summed E-state index contributed by atoms with van der Waals surface area (Å²) in [6, 6.07) is 8.14. The molecule has 13 heteroatoms. The van der Waals surface area contributed by atoms with Crippen molar-refractivity contribution < 1.29 is 19.3 Å². The summed E-state index contributed by atoms with van der Waals surface area (Å²) in [5.74, 6) is -1.35. The number of carbonyl (C=O) groups is 3. The molecule has 0 aliphatic carbocycles. The first-order chi connectivity index (χ1) is 16.5. The second-order valence-corrected chi connectivity index (χ2v) is 7.69. The highest BCUT2D eigenvalue weighted by molar-refractivity contribution is 6.07. The van der Waals surface area contributed by atoms with Gasteiger partial charge in [0.15, 0.2) is 0 Å². The minimum atomic E-state index is -0.555. The van der Waals surface area contributed by atoms with Gasteiger partial charge in [0.2, 0.25) is 0 Å². The van der Waals surface area contributed by atoms with Crippen LogP contribution in [0.5, 0.6) is 0 Å². The number of aryl methyl sites for hydroxylation is 2. The van der Waals surface area contributed by atoms with Crippen molar-refractivity contribution in [2.75, 3.05) is 17.2 Å². The Kier molecular flexibility index (Phi) is 7.29. The first-order valence-electron chi connectivity index (χ1n) is 10.4. The molecule has 0 saturated heterocycles. The number of nitrogens with one attached hydrogen (secondary N) is 4. The largest absolute Gasteiger partial charge is 0.388 e. The monoisotopic (exact) mass is 480 g/mol. The lowest BCUT2D eigenvalue weighted by Crippen LogP contribution is -2.28. The number of anilines is 2. The summed E-state index contributed by atoms with van der Waals surface area (Å²) >= 11 is 0. The quantitative estimate of drug-likeness (QED) is 0.134. The van der Waals surface area contributed by atoms with Gasteiger partial charge in [-0.05, 0) is 24.3 Å². The van der Waals surface area contributed by atoms with Crippen molar-refractivity contribution in [2.24, 2.45) is 19.8 Å². The van der Waals surface area contributed by atoms with Crippen LogP contribution >= 0.6 is 0 Å². The first-order valence-corrected chi connectivity index (χ1v) is 10.4.